The Kier molecular flexibility index (Phi) is 7.93. The quantitative estimate of drug-likeness (QED) is 0.173. The topological polar surface area (TPSA) is 0 Å². The van der Waals surface area contributed by atoms with Crippen LogP contribution in [0.25, 0.3) is 44.5 Å². The summed E-state index contributed by atoms with van der Waals surface area (Å²) < 4.78 is 0. The predicted octanol–water partition coefficient (Wildman–Crippen LogP) is 14.8. The largest absolute Gasteiger partial charge is 0.0616 e. The van der Waals surface area contributed by atoms with Gasteiger partial charge in [-0.1, -0.05) is 184 Å². The fourth-order valence-corrected chi connectivity index (χ4v) is 8.88. The highest BCUT2D eigenvalue weighted by molar-refractivity contribution is 6.02. The standard InChI is InChI=1S/C52H62/c1-47(2,3)31-21-23-37-41(27-31)51(13,14)43-29-33(49(7,8)9)25-39(45(37)43)35-19-17-18-20-36(35)40-26-34(50(10,11)12)30-44-46(40)38-24-22-32(48(4,5)6)28-42(38)52(44,15)16/h17-30H,1-16H3. The second-order valence-corrected chi connectivity index (χ2v) is 21.2. The van der Waals surface area contributed by atoms with E-state index in [0.717, 1.165) is 0 Å². The van der Waals surface area contributed by atoms with Gasteiger partial charge in [0.1, 0.15) is 0 Å². The predicted molar refractivity (Wildman–Crippen MR) is 227 cm³/mol. The molecule has 0 nitrogen and oxygen atoms in total. The number of rotatable bonds is 2. The zero-order valence-corrected chi connectivity index (χ0v) is 35.1. The van der Waals surface area contributed by atoms with Gasteiger partial charge < -0.3 is 0 Å². The molecule has 2 aliphatic carbocycles. The van der Waals surface area contributed by atoms with Crippen LogP contribution in [0.5, 0.6) is 0 Å². The average Bonchev–Trinajstić information content (AvgIpc) is 3.41. The van der Waals surface area contributed by atoms with E-state index in [1.165, 1.54) is 89.0 Å². The lowest BCUT2D eigenvalue weighted by molar-refractivity contribution is 0.579. The summed E-state index contributed by atoms with van der Waals surface area (Å²) in [6, 6.07) is 34.0. The summed E-state index contributed by atoms with van der Waals surface area (Å²) in [5.41, 5.74) is 22.2. The fourth-order valence-electron chi connectivity index (χ4n) is 8.88. The van der Waals surface area contributed by atoms with E-state index in [1.54, 1.807) is 0 Å². The van der Waals surface area contributed by atoms with Gasteiger partial charge in [0.05, 0.1) is 0 Å². The van der Waals surface area contributed by atoms with E-state index in [0.29, 0.717) is 0 Å². The van der Waals surface area contributed by atoms with Crippen LogP contribution in [0.1, 0.15) is 155 Å². The van der Waals surface area contributed by atoms with Gasteiger partial charge in [-0.2, -0.15) is 0 Å². The Morgan fingerprint density at radius 1 is 0.308 bits per heavy atom. The van der Waals surface area contributed by atoms with Crippen molar-refractivity contribution in [3.05, 3.63) is 129 Å². The summed E-state index contributed by atoms with van der Waals surface area (Å²) in [6.45, 7) is 37.9. The summed E-state index contributed by atoms with van der Waals surface area (Å²) >= 11 is 0. The Labute approximate surface area is 316 Å². The second kappa shape index (κ2) is 11.3. The van der Waals surface area contributed by atoms with E-state index in [4.69, 9.17) is 0 Å². The smallest absolute Gasteiger partial charge is 0.0159 e. The first kappa shape index (κ1) is 36.5. The Morgan fingerprint density at radius 3 is 0.923 bits per heavy atom. The molecule has 0 saturated carbocycles. The first-order valence-corrected chi connectivity index (χ1v) is 19.6. The molecule has 0 unspecified atom stereocenters. The summed E-state index contributed by atoms with van der Waals surface area (Å²) in [4.78, 5) is 0. The zero-order chi connectivity index (χ0) is 38.1. The minimum Gasteiger partial charge on any atom is -0.0616 e. The molecule has 0 amide bonds. The molecule has 0 radical (unpaired) electrons. The normalized spacial score (nSPS) is 16.0. The minimum atomic E-state index is -0.113. The maximum Gasteiger partial charge on any atom is 0.0159 e. The number of benzene rings is 5. The van der Waals surface area contributed by atoms with E-state index in [1.807, 2.05) is 0 Å². The molecule has 0 atom stereocenters. The Morgan fingerprint density at radius 2 is 0.615 bits per heavy atom. The molecule has 0 bridgehead atoms. The molecule has 0 spiro atoms. The SMILES string of the molecule is CC(C)(C)c1ccc2c(c1)C(C)(C)c1cc(C(C)(C)C)cc(-c3ccccc3-c3cc(C(C)(C)C)cc4c3-c3ccc(C(C)(C)C)cc3C4(C)C)c1-2. The second-order valence-electron chi connectivity index (χ2n) is 21.2. The van der Waals surface area contributed by atoms with Crippen LogP contribution in [0, 0.1) is 0 Å². The molecule has 52 heavy (non-hydrogen) atoms. The summed E-state index contributed by atoms with van der Waals surface area (Å²) in [5, 5.41) is 0. The molecule has 0 saturated heterocycles. The van der Waals surface area contributed by atoms with Crippen molar-refractivity contribution in [1.29, 1.82) is 0 Å². The molecule has 5 aromatic carbocycles. The number of fused-ring (bicyclic) bond motifs is 6. The minimum absolute atomic E-state index is 0.00126. The van der Waals surface area contributed by atoms with Crippen LogP contribution in [0.4, 0.5) is 0 Å². The Bertz CT molecular complexity index is 2090. The molecule has 0 heterocycles. The third kappa shape index (κ3) is 5.63. The van der Waals surface area contributed by atoms with Gasteiger partial charge in [0, 0.05) is 10.8 Å². The summed E-state index contributed by atoms with van der Waals surface area (Å²) in [7, 11) is 0. The monoisotopic (exact) mass is 686 g/mol. The maximum atomic E-state index is 2.53. The van der Waals surface area contributed by atoms with Crippen molar-refractivity contribution in [2.24, 2.45) is 0 Å². The van der Waals surface area contributed by atoms with Gasteiger partial charge in [0.15, 0.2) is 0 Å². The van der Waals surface area contributed by atoms with Crippen molar-refractivity contribution >= 4 is 0 Å². The lowest BCUT2D eigenvalue weighted by Crippen LogP contribution is -2.19. The molecule has 0 fully saturated rings. The molecule has 7 rings (SSSR count). The average molecular weight is 687 g/mol. The maximum absolute atomic E-state index is 2.53. The summed E-state index contributed by atoms with van der Waals surface area (Å²) in [5.74, 6) is 0. The molecule has 0 heteroatoms. The van der Waals surface area contributed by atoms with Gasteiger partial charge in [0.25, 0.3) is 0 Å². The molecular formula is C52H62. The molecule has 0 aliphatic heterocycles. The lowest BCUT2D eigenvalue weighted by atomic mass is 9.75. The van der Waals surface area contributed by atoms with Crippen LogP contribution >= 0.6 is 0 Å². The molecule has 2 aliphatic rings. The molecule has 0 aromatic heterocycles. The van der Waals surface area contributed by atoms with Crippen molar-refractivity contribution in [2.45, 2.75) is 143 Å². The van der Waals surface area contributed by atoms with Crippen LogP contribution < -0.4 is 0 Å². The van der Waals surface area contributed by atoms with E-state index in [2.05, 4.69) is 196 Å². The van der Waals surface area contributed by atoms with E-state index in [-0.39, 0.29) is 32.5 Å². The van der Waals surface area contributed by atoms with Crippen molar-refractivity contribution < 1.29 is 0 Å². The highest BCUT2D eigenvalue weighted by atomic mass is 14.4. The van der Waals surface area contributed by atoms with Gasteiger partial charge in [-0.15, -0.1) is 0 Å². The Balaban J connectivity index is 1.58. The van der Waals surface area contributed by atoms with Crippen LogP contribution in [0.15, 0.2) is 84.9 Å². The van der Waals surface area contributed by atoms with Gasteiger partial charge in [-0.05, 0) is 123 Å². The van der Waals surface area contributed by atoms with E-state index >= 15 is 0 Å². The molecule has 270 valence electrons. The van der Waals surface area contributed by atoms with Gasteiger partial charge >= 0.3 is 0 Å². The van der Waals surface area contributed by atoms with Crippen molar-refractivity contribution in [2.75, 3.05) is 0 Å². The van der Waals surface area contributed by atoms with Crippen LogP contribution in [0.3, 0.4) is 0 Å². The fraction of sp³-hybridized carbons (Fsp3) is 0.423. The van der Waals surface area contributed by atoms with E-state index in [9.17, 15) is 0 Å². The van der Waals surface area contributed by atoms with E-state index < -0.39 is 0 Å². The van der Waals surface area contributed by atoms with Crippen LogP contribution in [-0.2, 0) is 32.5 Å². The lowest BCUT2D eigenvalue weighted by Gasteiger charge is -2.29. The third-order valence-electron chi connectivity index (χ3n) is 12.5. The van der Waals surface area contributed by atoms with Crippen molar-refractivity contribution in [1.82, 2.24) is 0 Å². The van der Waals surface area contributed by atoms with Crippen molar-refractivity contribution in [3.8, 4) is 44.5 Å². The number of hydrogen-bond acceptors (Lipinski definition) is 0. The van der Waals surface area contributed by atoms with Crippen molar-refractivity contribution in [3.63, 3.8) is 0 Å². The van der Waals surface area contributed by atoms with Crippen LogP contribution in [-0.4, -0.2) is 0 Å². The van der Waals surface area contributed by atoms with Gasteiger partial charge in [0.2, 0.25) is 0 Å². The van der Waals surface area contributed by atoms with Gasteiger partial charge in [-0.3, -0.25) is 0 Å². The molecular weight excluding hydrogens is 625 g/mol. The van der Waals surface area contributed by atoms with Crippen LogP contribution in [0.2, 0.25) is 0 Å². The highest BCUT2D eigenvalue weighted by Crippen LogP contribution is 2.58. The first-order valence-electron chi connectivity index (χ1n) is 19.6. The molecule has 5 aromatic rings. The first-order chi connectivity index (χ1) is 23.8. The Hall–Kier alpha value is -3.90. The number of hydrogen-bond donors (Lipinski definition) is 0. The molecule has 0 N–H and O–H groups in total. The highest BCUT2D eigenvalue weighted by Gasteiger charge is 2.41. The summed E-state index contributed by atoms with van der Waals surface area (Å²) in [6.07, 6.45) is 0. The van der Waals surface area contributed by atoms with Gasteiger partial charge in [-0.25, -0.2) is 0 Å². The third-order valence-corrected chi connectivity index (χ3v) is 12.5. The zero-order valence-electron chi connectivity index (χ0n) is 35.1.